The van der Waals surface area contributed by atoms with Crippen molar-refractivity contribution in [2.24, 2.45) is 17.8 Å². The van der Waals surface area contributed by atoms with Crippen LogP contribution in [0.3, 0.4) is 0 Å². The number of rotatable bonds is 3. The number of amides is 2. The first-order valence-electron chi connectivity index (χ1n) is 10.5. The second kappa shape index (κ2) is 5.97. The second-order valence-corrected chi connectivity index (χ2v) is 9.53. The van der Waals surface area contributed by atoms with Crippen molar-refractivity contribution in [2.75, 3.05) is 13.1 Å². The van der Waals surface area contributed by atoms with Crippen LogP contribution in [0.4, 0.5) is 0 Å². The van der Waals surface area contributed by atoms with Crippen LogP contribution in [0.25, 0.3) is 0 Å². The third-order valence-corrected chi connectivity index (χ3v) is 7.62. The van der Waals surface area contributed by atoms with Crippen LogP contribution in [-0.4, -0.2) is 47.4 Å². The van der Waals surface area contributed by atoms with Gasteiger partial charge in [-0.2, -0.15) is 0 Å². The summed E-state index contributed by atoms with van der Waals surface area (Å²) in [5.74, 6) is 2.77. The van der Waals surface area contributed by atoms with Gasteiger partial charge in [-0.1, -0.05) is 0 Å². The van der Waals surface area contributed by atoms with E-state index in [4.69, 9.17) is 0 Å². The van der Waals surface area contributed by atoms with Crippen molar-refractivity contribution in [3.63, 3.8) is 0 Å². The topological polar surface area (TPSA) is 61.4 Å². The van der Waals surface area contributed by atoms with Crippen molar-refractivity contribution in [3.8, 4) is 0 Å². The molecule has 1 unspecified atom stereocenters. The minimum Gasteiger partial charge on any atom is -0.349 e. The molecule has 4 aliphatic carbocycles. The Kier molecular flexibility index (Phi) is 3.84. The van der Waals surface area contributed by atoms with E-state index in [0.29, 0.717) is 0 Å². The zero-order chi connectivity index (χ0) is 17.0. The summed E-state index contributed by atoms with van der Waals surface area (Å²) in [6.45, 7) is 1.67. The summed E-state index contributed by atoms with van der Waals surface area (Å²) in [6.07, 6.45) is 11.4. The highest BCUT2D eigenvalue weighted by Crippen LogP contribution is 2.55. The molecular formula is C20H31N3O2. The van der Waals surface area contributed by atoms with Gasteiger partial charge < -0.3 is 15.5 Å². The molecule has 6 rings (SSSR count). The molecule has 2 atom stereocenters. The standard InChI is InChI=1S/C20H31N3O2/c24-18(17-4-2-6-23(17)19(25)16-3-1-5-21-16)22-20-10-13-7-14(11-20)9-15(8-13)12-20/h13-17,21H,1-12H2,(H,22,24)/t13?,14?,15?,16-,17?,20?/m0/s1. The summed E-state index contributed by atoms with van der Waals surface area (Å²) >= 11 is 0. The third-order valence-electron chi connectivity index (χ3n) is 7.62. The smallest absolute Gasteiger partial charge is 0.243 e. The third kappa shape index (κ3) is 2.79. The van der Waals surface area contributed by atoms with Crippen LogP contribution in [0, 0.1) is 17.8 Å². The Morgan fingerprint density at radius 3 is 2.24 bits per heavy atom. The van der Waals surface area contributed by atoms with Gasteiger partial charge in [0, 0.05) is 12.1 Å². The molecule has 2 amide bonds. The van der Waals surface area contributed by atoms with Crippen molar-refractivity contribution < 1.29 is 9.59 Å². The molecule has 6 fully saturated rings. The largest absolute Gasteiger partial charge is 0.349 e. The number of hydrogen-bond acceptors (Lipinski definition) is 3. The molecule has 25 heavy (non-hydrogen) atoms. The molecule has 2 saturated heterocycles. The van der Waals surface area contributed by atoms with Crippen LogP contribution < -0.4 is 10.6 Å². The van der Waals surface area contributed by atoms with Gasteiger partial charge in [0.1, 0.15) is 6.04 Å². The van der Waals surface area contributed by atoms with Gasteiger partial charge >= 0.3 is 0 Å². The second-order valence-electron chi connectivity index (χ2n) is 9.53. The predicted octanol–water partition coefficient (Wildman–Crippen LogP) is 1.81. The predicted molar refractivity (Wildman–Crippen MR) is 94.8 cm³/mol. The van der Waals surface area contributed by atoms with Gasteiger partial charge in [-0.05, 0) is 88.5 Å². The normalized spacial score (nSPS) is 45.1. The molecule has 5 nitrogen and oxygen atoms in total. The molecule has 0 aromatic carbocycles. The summed E-state index contributed by atoms with van der Waals surface area (Å²) in [6, 6.07) is -0.296. The minimum atomic E-state index is -0.233. The van der Waals surface area contributed by atoms with Crippen molar-refractivity contribution in [2.45, 2.75) is 81.8 Å². The fourth-order valence-electron chi connectivity index (χ4n) is 7.01. The van der Waals surface area contributed by atoms with Gasteiger partial charge in [-0.25, -0.2) is 0 Å². The summed E-state index contributed by atoms with van der Waals surface area (Å²) < 4.78 is 0. The zero-order valence-electron chi connectivity index (χ0n) is 15.1. The lowest BCUT2D eigenvalue weighted by Gasteiger charge is -2.57. The molecule has 0 aromatic rings. The van der Waals surface area contributed by atoms with Crippen LogP contribution in [0.5, 0.6) is 0 Å². The van der Waals surface area contributed by atoms with E-state index in [0.717, 1.165) is 56.5 Å². The van der Waals surface area contributed by atoms with E-state index >= 15 is 0 Å². The van der Waals surface area contributed by atoms with Gasteiger partial charge in [-0.15, -0.1) is 0 Å². The molecule has 2 heterocycles. The molecule has 5 heteroatoms. The lowest BCUT2D eigenvalue weighted by atomic mass is 9.53. The number of likely N-dealkylation sites (tertiary alicyclic amines) is 1. The van der Waals surface area contributed by atoms with E-state index < -0.39 is 0 Å². The van der Waals surface area contributed by atoms with E-state index in [1.165, 1.54) is 38.5 Å². The Balaban J connectivity index is 1.28. The fourth-order valence-corrected chi connectivity index (χ4v) is 7.01. The monoisotopic (exact) mass is 345 g/mol. The van der Waals surface area contributed by atoms with E-state index in [-0.39, 0.29) is 29.4 Å². The highest BCUT2D eigenvalue weighted by molar-refractivity contribution is 5.90. The maximum absolute atomic E-state index is 13.1. The van der Waals surface area contributed by atoms with Gasteiger partial charge in [0.15, 0.2) is 0 Å². The van der Waals surface area contributed by atoms with E-state index in [9.17, 15) is 9.59 Å². The molecule has 138 valence electrons. The van der Waals surface area contributed by atoms with E-state index in [1.54, 1.807) is 0 Å². The summed E-state index contributed by atoms with van der Waals surface area (Å²) in [7, 11) is 0. The van der Waals surface area contributed by atoms with Crippen molar-refractivity contribution in [1.82, 2.24) is 15.5 Å². The molecule has 0 radical (unpaired) electrons. The lowest BCUT2D eigenvalue weighted by molar-refractivity contribution is -0.142. The average molecular weight is 345 g/mol. The minimum absolute atomic E-state index is 0.0503. The molecule has 2 aliphatic heterocycles. The lowest BCUT2D eigenvalue weighted by Crippen LogP contribution is -2.62. The summed E-state index contributed by atoms with van der Waals surface area (Å²) in [5, 5.41) is 6.79. The SMILES string of the molecule is O=C(NC12CC3CC(CC(C3)C1)C2)C1CCCN1C(=O)[C@@H]1CCCN1. The zero-order valence-corrected chi connectivity index (χ0v) is 15.1. The Morgan fingerprint density at radius 2 is 1.64 bits per heavy atom. The van der Waals surface area contributed by atoms with Crippen LogP contribution in [0.1, 0.15) is 64.2 Å². The average Bonchev–Trinajstić information content (AvgIpc) is 3.24. The Labute approximate surface area is 150 Å². The van der Waals surface area contributed by atoms with Crippen molar-refractivity contribution >= 4 is 11.8 Å². The van der Waals surface area contributed by atoms with Gasteiger partial charge in [0.2, 0.25) is 11.8 Å². The van der Waals surface area contributed by atoms with Gasteiger partial charge in [0.05, 0.1) is 6.04 Å². The molecular weight excluding hydrogens is 314 g/mol. The molecule has 4 bridgehead atoms. The fraction of sp³-hybridized carbons (Fsp3) is 0.900. The van der Waals surface area contributed by atoms with E-state index in [2.05, 4.69) is 10.6 Å². The molecule has 0 aromatic heterocycles. The van der Waals surface area contributed by atoms with Gasteiger partial charge in [-0.3, -0.25) is 9.59 Å². The van der Waals surface area contributed by atoms with Gasteiger partial charge in [0.25, 0.3) is 0 Å². The van der Waals surface area contributed by atoms with Crippen molar-refractivity contribution in [1.29, 1.82) is 0 Å². The van der Waals surface area contributed by atoms with Crippen LogP contribution in [-0.2, 0) is 9.59 Å². The number of hydrogen-bond donors (Lipinski definition) is 2. The maximum Gasteiger partial charge on any atom is 0.243 e. The Bertz CT molecular complexity index is 534. The van der Waals surface area contributed by atoms with Crippen LogP contribution in [0.15, 0.2) is 0 Å². The first-order chi connectivity index (χ1) is 12.1. The highest BCUT2D eigenvalue weighted by Gasteiger charge is 2.52. The summed E-state index contributed by atoms with van der Waals surface area (Å²) in [4.78, 5) is 27.8. The highest BCUT2D eigenvalue weighted by atomic mass is 16.2. The molecule has 0 spiro atoms. The number of nitrogens with one attached hydrogen (secondary N) is 2. The summed E-state index contributed by atoms with van der Waals surface area (Å²) in [5.41, 5.74) is 0.0503. The Hall–Kier alpha value is -1.10. The number of nitrogens with zero attached hydrogens (tertiary/aromatic N) is 1. The molecule has 4 saturated carbocycles. The molecule has 2 N–H and O–H groups in total. The first-order valence-corrected chi connectivity index (χ1v) is 10.5. The maximum atomic E-state index is 13.1. The van der Waals surface area contributed by atoms with Crippen molar-refractivity contribution in [3.05, 3.63) is 0 Å². The van der Waals surface area contributed by atoms with Crippen LogP contribution >= 0.6 is 0 Å². The molecule has 6 aliphatic rings. The Morgan fingerprint density at radius 1 is 0.960 bits per heavy atom. The number of carbonyl (C=O) groups excluding carboxylic acids is 2. The van der Waals surface area contributed by atoms with Crippen LogP contribution in [0.2, 0.25) is 0 Å². The number of carbonyl (C=O) groups is 2. The quantitative estimate of drug-likeness (QED) is 0.820. The van der Waals surface area contributed by atoms with E-state index in [1.807, 2.05) is 4.90 Å². The first kappa shape index (κ1) is 16.1.